The van der Waals surface area contributed by atoms with Crippen LogP contribution in [0, 0.1) is 6.92 Å². The molecule has 5 nitrogen and oxygen atoms in total. The Morgan fingerprint density at radius 2 is 2.25 bits per heavy atom. The highest BCUT2D eigenvalue weighted by atomic mass is 16.1. The quantitative estimate of drug-likeness (QED) is 0.755. The number of hydrogen-bond acceptors (Lipinski definition) is 4. The summed E-state index contributed by atoms with van der Waals surface area (Å²) >= 11 is 0. The summed E-state index contributed by atoms with van der Waals surface area (Å²) in [5, 5.41) is 2.90. The lowest BCUT2D eigenvalue weighted by atomic mass is 10.2. The fourth-order valence-electron chi connectivity index (χ4n) is 1.92. The summed E-state index contributed by atoms with van der Waals surface area (Å²) in [5.41, 5.74) is 7.03. The predicted molar refractivity (Wildman–Crippen MR) is 59.8 cm³/mol. The number of nitrogens with zero attached hydrogens (tertiary/aromatic N) is 2. The van der Waals surface area contributed by atoms with Gasteiger partial charge >= 0.3 is 0 Å². The number of aromatic nitrogens is 2. The number of hydrogen-bond donors (Lipinski definition) is 2. The van der Waals surface area contributed by atoms with Gasteiger partial charge in [0.15, 0.2) is 0 Å². The smallest absolute Gasteiger partial charge is 0.271 e. The van der Waals surface area contributed by atoms with Gasteiger partial charge in [0, 0.05) is 18.3 Å². The zero-order chi connectivity index (χ0) is 11.5. The van der Waals surface area contributed by atoms with Gasteiger partial charge in [0.25, 0.3) is 5.91 Å². The topological polar surface area (TPSA) is 80.9 Å². The van der Waals surface area contributed by atoms with Crippen LogP contribution in [0.2, 0.25) is 0 Å². The molecular weight excluding hydrogens is 204 g/mol. The highest BCUT2D eigenvalue weighted by Crippen LogP contribution is 2.17. The van der Waals surface area contributed by atoms with E-state index in [2.05, 4.69) is 15.3 Å². The first kappa shape index (κ1) is 11.0. The molecule has 1 amide bonds. The molecule has 2 unspecified atom stereocenters. The Morgan fingerprint density at radius 3 is 2.81 bits per heavy atom. The van der Waals surface area contributed by atoms with Gasteiger partial charge in [0.2, 0.25) is 0 Å². The summed E-state index contributed by atoms with van der Waals surface area (Å²) in [7, 11) is 0. The minimum absolute atomic E-state index is 0.0716. The molecule has 1 aromatic heterocycles. The molecule has 3 N–H and O–H groups in total. The fraction of sp³-hybridized carbons (Fsp3) is 0.545. The maximum absolute atomic E-state index is 11.8. The molecule has 1 aromatic rings. The van der Waals surface area contributed by atoms with E-state index < -0.39 is 0 Å². The minimum atomic E-state index is -0.185. The number of rotatable bonds is 2. The lowest BCUT2D eigenvalue weighted by Gasteiger charge is -2.16. The average Bonchev–Trinajstić information content (AvgIpc) is 2.65. The van der Waals surface area contributed by atoms with Crippen molar-refractivity contribution in [3.8, 4) is 0 Å². The largest absolute Gasteiger partial charge is 0.346 e. The SMILES string of the molecule is Cc1cnc(C(=O)NC2CCCC2N)cn1. The zero-order valence-corrected chi connectivity index (χ0v) is 9.31. The first-order valence-corrected chi connectivity index (χ1v) is 5.52. The van der Waals surface area contributed by atoms with Crippen LogP contribution in [-0.4, -0.2) is 28.0 Å². The summed E-state index contributed by atoms with van der Waals surface area (Å²) < 4.78 is 0. The van der Waals surface area contributed by atoms with E-state index in [1.54, 1.807) is 6.20 Å². The van der Waals surface area contributed by atoms with Gasteiger partial charge in [-0.25, -0.2) is 4.98 Å². The zero-order valence-electron chi connectivity index (χ0n) is 9.31. The Labute approximate surface area is 94.5 Å². The average molecular weight is 220 g/mol. The summed E-state index contributed by atoms with van der Waals surface area (Å²) in [6.07, 6.45) is 6.08. The van der Waals surface area contributed by atoms with Crippen molar-refractivity contribution in [3.05, 3.63) is 23.8 Å². The van der Waals surface area contributed by atoms with E-state index in [-0.39, 0.29) is 18.0 Å². The summed E-state index contributed by atoms with van der Waals surface area (Å²) in [4.78, 5) is 19.9. The van der Waals surface area contributed by atoms with Crippen molar-refractivity contribution in [3.63, 3.8) is 0 Å². The van der Waals surface area contributed by atoms with Crippen molar-refractivity contribution in [2.24, 2.45) is 5.73 Å². The van der Waals surface area contributed by atoms with Crippen LogP contribution in [0.15, 0.2) is 12.4 Å². The predicted octanol–water partition coefficient (Wildman–Crippen LogP) is 0.395. The number of nitrogens with two attached hydrogens (primary N) is 1. The molecule has 0 aliphatic heterocycles. The van der Waals surface area contributed by atoms with Crippen LogP contribution in [0.1, 0.15) is 35.4 Å². The molecule has 86 valence electrons. The molecule has 0 radical (unpaired) electrons. The molecule has 0 aromatic carbocycles. The first-order chi connectivity index (χ1) is 7.66. The van der Waals surface area contributed by atoms with Gasteiger partial charge in [-0.1, -0.05) is 0 Å². The van der Waals surface area contributed by atoms with E-state index in [0.29, 0.717) is 5.69 Å². The molecule has 5 heteroatoms. The van der Waals surface area contributed by atoms with E-state index in [9.17, 15) is 4.79 Å². The maximum atomic E-state index is 11.8. The molecule has 0 saturated heterocycles. The molecule has 2 rings (SSSR count). The molecule has 1 saturated carbocycles. The van der Waals surface area contributed by atoms with Gasteiger partial charge in [-0.05, 0) is 26.2 Å². The number of carbonyl (C=O) groups excluding carboxylic acids is 1. The van der Waals surface area contributed by atoms with Gasteiger partial charge in [-0.2, -0.15) is 0 Å². The first-order valence-electron chi connectivity index (χ1n) is 5.52. The lowest BCUT2D eigenvalue weighted by molar-refractivity contribution is 0.0929. The Bertz CT molecular complexity index is 376. The second kappa shape index (κ2) is 4.57. The van der Waals surface area contributed by atoms with Gasteiger partial charge in [-0.15, -0.1) is 0 Å². The second-order valence-electron chi connectivity index (χ2n) is 4.22. The molecule has 1 aliphatic carbocycles. The molecule has 1 aliphatic rings. The van der Waals surface area contributed by atoms with Crippen LogP contribution >= 0.6 is 0 Å². The number of amides is 1. The van der Waals surface area contributed by atoms with Gasteiger partial charge in [-0.3, -0.25) is 9.78 Å². The van der Waals surface area contributed by atoms with Crippen LogP contribution in [0.4, 0.5) is 0 Å². The number of aryl methyl sites for hydroxylation is 1. The van der Waals surface area contributed by atoms with E-state index in [0.717, 1.165) is 25.0 Å². The third-order valence-electron chi connectivity index (χ3n) is 2.90. The van der Waals surface area contributed by atoms with Crippen molar-refractivity contribution < 1.29 is 4.79 Å². The van der Waals surface area contributed by atoms with Gasteiger partial charge in [0.1, 0.15) is 5.69 Å². The van der Waals surface area contributed by atoms with Crippen LogP contribution < -0.4 is 11.1 Å². The van der Waals surface area contributed by atoms with E-state index in [4.69, 9.17) is 5.73 Å². The highest BCUT2D eigenvalue weighted by molar-refractivity contribution is 5.92. The van der Waals surface area contributed by atoms with Crippen LogP contribution in [0.3, 0.4) is 0 Å². The van der Waals surface area contributed by atoms with E-state index in [1.807, 2.05) is 6.92 Å². The standard InChI is InChI=1S/C11H16N4O/c1-7-5-14-10(6-13-7)11(16)15-9-4-2-3-8(9)12/h5-6,8-9H,2-4,12H2,1H3,(H,15,16). The summed E-state index contributed by atoms with van der Waals surface area (Å²) in [5.74, 6) is -0.185. The molecule has 2 atom stereocenters. The lowest BCUT2D eigenvalue weighted by Crippen LogP contribution is -2.44. The van der Waals surface area contributed by atoms with Gasteiger partial charge in [0.05, 0.1) is 11.9 Å². The number of nitrogens with one attached hydrogen (secondary N) is 1. The van der Waals surface area contributed by atoms with Crippen LogP contribution in [0.5, 0.6) is 0 Å². The molecule has 16 heavy (non-hydrogen) atoms. The van der Waals surface area contributed by atoms with Crippen molar-refractivity contribution in [2.45, 2.75) is 38.3 Å². The van der Waals surface area contributed by atoms with Crippen molar-refractivity contribution in [1.29, 1.82) is 0 Å². The second-order valence-corrected chi connectivity index (χ2v) is 4.22. The third kappa shape index (κ3) is 2.36. The maximum Gasteiger partial charge on any atom is 0.271 e. The third-order valence-corrected chi connectivity index (χ3v) is 2.90. The minimum Gasteiger partial charge on any atom is -0.346 e. The van der Waals surface area contributed by atoms with E-state index >= 15 is 0 Å². The summed E-state index contributed by atoms with van der Waals surface area (Å²) in [6.45, 7) is 1.83. The highest BCUT2D eigenvalue weighted by Gasteiger charge is 2.25. The Hall–Kier alpha value is -1.49. The van der Waals surface area contributed by atoms with Crippen LogP contribution in [0.25, 0.3) is 0 Å². The van der Waals surface area contributed by atoms with Gasteiger partial charge < -0.3 is 11.1 Å². The van der Waals surface area contributed by atoms with Crippen molar-refractivity contribution >= 4 is 5.91 Å². The fourth-order valence-corrected chi connectivity index (χ4v) is 1.92. The molecule has 0 spiro atoms. The number of carbonyl (C=O) groups is 1. The van der Waals surface area contributed by atoms with Crippen molar-refractivity contribution in [1.82, 2.24) is 15.3 Å². The Kier molecular flexibility index (Phi) is 3.14. The monoisotopic (exact) mass is 220 g/mol. The van der Waals surface area contributed by atoms with E-state index in [1.165, 1.54) is 6.20 Å². The van der Waals surface area contributed by atoms with Crippen LogP contribution in [-0.2, 0) is 0 Å². The molecule has 1 heterocycles. The Balaban J connectivity index is 2.00. The molecular formula is C11H16N4O. The van der Waals surface area contributed by atoms with Crippen molar-refractivity contribution in [2.75, 3.05) is 0 Å². The molecule has 1 fully saturated rings. The normalized spacial score (nSPS) is 24.4. The summed E-state index contributed by atoms with van der Waals surface area (Å²) in [6, 6.07) is 0.151. The molecule has 0 bridgehead atoms. The Morgan fingerprint density at radius 1 is 1.44 bits per heavy atom.